The van der Waals surface area contributed by atoms with E-state index in [4.69, 9.17) is 0 Å². The van der Waals surface area contributed by atoms with Gasteiger partial charge in [0, 0.05) is 7.05 Å². The summed E-state index contributed by atoms with van der Waals surface area (Å²) in [7, 11) is 1.28. The predicted octanol–water partition coefficient (Wildman–Crippen LogP) is 3.03. The monoisotopic (exact) mass is 211 g/mol. The zero-order valence-electron chi connectivity index (χ0n) is 7.04. The summed E-state index contributed by atoms with van der Waals surface area (Å²) in [5, 5.41) is 2.23. The van der Waals surface area contributed by atoms with Crippen LogP contribution in [0.3, 0.4) is 0 Å². The molecule has 0 saturated heterocycles. The highest BCUT2D eigenvalue weighted by molar-refractivity contribution is 5.47. The summed E-state index contributed by atoms with van der Waals surface area (Å²) in [5.41, 5.74) is -1.91. The van der Waals surface area contributed by atoms with Crippen molar-refractivity contribution in [1.82, 2.24) is 0 Å². The van der Waals surface area contributed by atoms with Crippen LogP contribution in [0, 0.1) is 11.6 Å². The minimum absolute atomic E-state index is 0.310. The molecule has 14 heavy (non-hydrogen) atoms. The van der Waals surface area contributed by atoms with Crippen molar-refractivity contribution in [2.45, 2.75) is 6.18 Å². The minimum atomic E-state index is -4.88. The summed E-state index contributed by atoms with van der Waals surface area (Å²) in [5.74, 6) is -3.41. The molecule has 0 spiro atoms. The van der Waals surface area contributed by atoms with Gasteiger partial charge in [-0.15, -0.1) is 0 Å². The number of hydrogen-bond acceptors (Lipinski definition) is 1. The van der Waals surface area contributed by atoms with Crippen LogP contribution in [0.15, 0.2) is 12.1 Å². The number of anilines is 1. The smallest absolute Gasteiger partial charge is 0.386 e. The van der Waals surface area contributed by atoms with Crippen LogP contribution in [0.4, 0.5) is 27.6 Å². The molecule has 0 aliphatic carbocycles. The summed E-state index contributed by atoms with van der Waals surface area (Å²) < 4.78 is 61.8. The Labute approximate surface area is 76.5 Å². The number of alkyl halides is 3. The maximum atomic E-state index is 12.9. The fourth-order valence-corrected chi connectivity index (χ4v) is 0.961. The molecule has 1 aromatic rings. The van der Waals surface area contributed by atoms with Gasteiger partial charge in [-0.2, -0.15) is 13.2 Å². The second-order valence-corrected chi connectivity index (χ2v) is 2.54. The molecule has 0 radical (unpaired) electrons. The van der Waals surface area contributed by atoms with E-state index < -0.39 is 23.4 Å². The second kappa shape index (κ2) is 3.43. The number of rotatable bonds is 1. The highest BCUT2D eigenvalue weighted by Gasteiger charge is 2.35. The summed E-state index contributed by atoms with van der Waals surface area (Å²) in [4.78, 5) is 0. The molecule has 0 aliphatic heterocycles. The SMILES string of the molecule is CNc1ccc(C(F)(F)F)c(F)c1F. The summed E-state index contributed by atoms with van der Waals surface area (Å²) >= 11 is 0. The number of benzene rings is 1. The van der Waals surface area contributed by atoms with Crippen molar-refractivity contribution in [3.05, 3.63) is 29.3 Å². The molecule has 78 valence electrons. The largest absolute Gasteiger partial charge is 0.419 e. The number of nitrogens with one attached hydrogen (secondary N) is 1. The van der Waals surface area contributed by atoms with Crippen molar-refractivity contribution in [2.24, 2.45) is 0 Å². The Hall–Kier alpha value is -1.33. The molecule has 0 heterocycles. The number of halogens is 5. The van der Waals surface area contributed by atoms with Crippen molar-refractivity contribution >= 4 is 5.69 Å². The molecule has 0 bridgehead atoms. The van der Waals surface area contributed by atoms with E-state index in [1.807, 2.05) is 0 Å². The molecule has 0 unspecified atom stereocenters. The third kappa shape index (κ3) is 1.78. The summed E-state index contributed by atoms with van der Waals surface area (Å²) in [6.07, 6.45) is -4.88. The fourth-order valence-electron chi connectivity index (χ4n) is 0.961. The lowest BCUT2D eigenvalue weighted by molar-refractivity contribution is -0.140. The van der Waals surface area contributed by atoms with E-state index >= 15 is 0 Å². The molecule has 6 heteroatoms. The predicted molar refractivity (Wildman–Crippen MR) is 40.9 cm³/mol. The van der Waals surface area contributed by atoms with E-state index in [9.17, 15) is 22.0 Å². The molecular formula is C8H6F5N. The van der Waals surface area contributed by atoms with Gasteiger partial charge in [-0.3, -0.25) is 0 Å². The third-order valence-corrected chi connectivity index (χ3v) is 1.66. The Morgan fingerprint density at radius 2 is 1.64 bits per heavy atom. The van der Waals surface area contributed by atoms with E-state index in [2.05, 4.69) is 5.32 Å². The Bertz CT molecular complexity index is 344. The van der Waals surface area contributed by atoms with Crippen molar-refractivity contribution in [3.63, 3.8) is 0 Å². The molecule has 1 N–H and O–H groups in total. The van der Waals surface area contributed by atoms with Crippen LogP contribution in [-0.2, 0) is 6.18 Å². The Kier molecular flexibility index (Phi) is 2.64. The maximum absolute atomic E-state index is 12.9. The molecule has 0 aromatic heterocycles. The van der Waals surface area contributed by atoms with Crippen molar-refractivity contribution in [2.75, 3.05) is 12.4 Å². The second-order valence-electron chi connectivity index (χ2n) is 2.54. The lowest BCUT2D eigenvalue weighted by Gasteiger charge is -2.10. The van der Waals surface area contributed by atoms with E-state index in [0.29, 0.717) is 6.07 Å². The highest BCUT2D eigenvalue weighted by atomic mass is 19.4. The normalized spacial score (nSPS) is 11.6. The van der Waals surface area contributed by atoms with Crippen LogP contribution in [0.5, 0.6) is 0 Å². The molecule has 0 saturated carbocycles. The first-order valence-corrected chi connectivity index (χ1v) is 3.61. The van der Waals surface area contributed by atoms with Gasteiger partial charge in [-0.1, -0.05) is 0 Å². The zero-order valence-corrected chi connectivity index (χ0v) is 7.04. The first kappa shape index (κ1) is 10.7. The average Bonchev–Trinajstić information content (AvgIpc) is 2.07. The first-order valence-electron chi connectivity index (χ1n) is 3.61. The van der Waals surface area contributed by atoms with Gasteiger partial charge < -0.3 is 5.32 Å². The van der Waals surface area contributed by atoms with Gasteiger partial charge in [0.2, 0.25) is 0 Å². The zero-order chi connectivity index (χ0) is 10.9. The minimum Gasteiger partial charge on any atom is -0.386 e. The Morgan fingerprint density at radius 3 is 2.07 bits per heavy atom. The van der Waals surface area contributed by atoms with Gasteiger partial charge in [-0.05, 0) is 12.1 Å². The molecule has 0 atom stereocenters. The fraction of sp³-hybridized carbons (Fsp3) is 0.250. The van der Waals surface area contributed by atoms with E-state index in [1.54, 1.807) is 0 Å². The van der Waals surface area contributed by atoms with E-state index in [1.165, 1.54) is 7.05 Å². The lowest BCUT2D eigenvalue weighted by Crippen LogP contribution is -2.10. The Balaban J connectivity index is 3.31. The average molecular weight is 211 g/mol. The third-order valence-electron chi connectivity index (χ3n) is 1.66. The van der Waals surface area contributed by atoms with Crippen molar-refractivity contribution in [1.29, 1.82) is 0 Å². The van der Waals surface area contributed by atoms with E-state index in [-0.39, 0.29) is 5.69 Å². The van der Waals surface area contributed by atoms with Crippen LogP contribution in [0.1, 0.15) is 5.56 Å². The molecule has 1 aromatic carbocycles. The van der Waals surface area contributed by atoms with Gasteiger partial charge in [0.05, 0.1) is 11.3 Å². The van der Waals surface area contributed by atoms with Gasteiger partial charge in [0.1, 0.15) is 0 Å². The van der Waals surface area contributed by atoms with Crippen LogP contribution < -0.4 is 5.32 Å². The van der Waals surface area contributed by atoms with Gasteiger partial charge in [0.25, 0.3) is 0 Å². The molecule has 1 rings (SSSR count). The molecule has 0 fully saturated rings. The van der Waals surface area contributed by atoms with Crippen molar-refractivity contribution < 1.29 is 22.0 Å². The summed E-state index contributed by atoms with van der Waals surface area (Å²) in [6, 6.07) is 1.32. The Morgan fingerprint density at radius 1 is 1.07 bits per heavy atom. The molecule has 0 aliphatic rings. The standard InChI is InChI=1S/C8H6F5N/c1-14-5-3-2-4(8(11,12)13)6(9)7(5)10/h2-3,14H,1H3. The molecular weight excluding hydrogens is 205 g/mol. The van der Waals surface area contributed by atoms with Crippen LogP contribution in [0.25, 0.3) is 0 Å². The first-order chi connectivity index (χ1) is 6.38. The molecule has 0 amide bonds. The number of hydrogen-bond donors (Lipinski definition) is 1. The molecule has 1 nitrogen and oxygen atoms in total. The van der Waals surface area contributed by atoms with E-state index in [0.717, 1.165) is 6.07 Å². The van der Waals surface area contributed by atoms with Crippen LogP contribution >= 0.6 is 0 Å². The quantitative estimate of drug-likeness (QED) is 0.704. The van der Waals surface area contributed by atoms with Crippen LogP contribution in [-0.4, -0.2) is 7.05 Å². The van der Waals surface area contributed by atoms with Gasteiger partial charge in [-0.25, -0.2) is 8.78 Å². The maximum Gasteiger partial charge on any atom is 0.419 e. The van der Waals surface area contributed by atoms with Crippen molar-refractivity contribution in [3.8, 4) is 0 Å². The summed E-state index contributed by atoms with van der Waals surface area (Å²) in [6.45, 7) is 0. The highest BCUT2D eigenvalue weighted by Crippen LogP contribution is 2.33. The lowest BCUT2D eigenvalue weighted by atomic mass is 10.1. The van der Waals surface area contributed by atoms with Crippen LogP contribution in [0.2, 0.25) is 0 Å². The van der Waals surface area contributed by atoms with Gasteiger partial charge >= 0.3 is 6.18 Å². The van der Waals surface area contributed by atoms with Gasteiger partial charge in [0.15, 0.2) is 11.6 Å². The topological polar surface area (TPSA) is 12.0 Å².